The maximum Gasteiger partial charge on any atom is 0.266 e. The molecule has 1 aliphatic heterocycles. The average Bonchev–Trinajstić information content (AvgIpc) is 3.11. The number of carbonyl (C=O) groups excluding carboxylic acids is 2. The molecule has 2 aromatic rings. The third-order valence-corrected chi connectivity index (χ3v) is 5.46. The van der Waals surface area contributed by atoms with Gasteiger partial charge < -0.3 is 14.7 Å². The molecule has 3 N–H and O–H groups in total. The number of aliphatic hydroxyl groups is 1. The van der Waals surface area contributed by atoms with E-state index in [2.05, 4.69) is 19.1 Å². The van der Waals surface area contributed by atoms with Crippen LogP contribution in [0.2, 0.25) is 0 Å². The summed E-state index contributed by atoms with van der Waals surface area (Å²) in [6, 6.07) is 14.3. The summed E-state index contributed by atoms with van der Waals surface area (Å²) in [6.07, 6.45) is 2.03. The van der Waals surface area contributed by atoms with Crippen molar-refractivity contribution in [2.75, 3.05) is 20.3 Å². The molecule has 1 saturated heterocycles. The zero-order valence-corrected chi connectivity index (χ0v) is 17.3. The van der Waals surface area contributed by atoms with Crippen LogP contribution in [-0.2, 0) is 16.0 Å². The summed E-state index contributed by atoms with van der Waals surface area (Å²) in [6.45, 7) is 2.04. The molecule has 1 aliphatic rings. The molecular formula is C23H28N2O5. The molecular weight excluding hydrogens is 384 g/mol. The second-order valence-corrected chi connectivity index (χ2v) is 7.78. The van der Waals surface area contributed by atoms with Crippen molar-refractivity contribution in [2.45, 2.75) is 37.8 Å². The standard InChI is InChI=1S/C23H28N2O5/c1-3-6-16-9-11-17(12-10-16)18-7-4-5-8-19(18)22(27)25-14-23(28,15-30-2)13-20(25)21(26)24-29/h4-5,7-12,20,28-29H,3,6,13-15H2,1-2H3,(H,24,26). The summed E-state index contributed by atoms with van der Waals surface area (Å²) in [7, 11) is 1.45. The molecule has 2 atom stereocenters. The Morgan fingerprint density at radius 3 is 2.53 bits per heavy atom. The minimum absolute atomic E-state index is 0.0210. The monoisotopic (exact) mass is 412 g/mol. The molecule has 0 radical (unpaired) electrons. The first-order chi connectivity index (χ1) is 14.4. The molecule has 7 heteroatoms. The number of hydroxylamine groups is 1. The molecule has 0 saturated carbocycles. The van der Waals surface area contributed by atoms with E-state index < -0.39 is 17.6 Å². The normalized spacial score (nSPS) is 20.9. The van der Waals surface area contributed by atoms with Crippen LogP contribution in [-0.4, -0.2) is 58.9 Å². The molecule has 1 fully saturated rings. The summed E-state index contributed by atoms with van der Waals surface area (Å²) < 4.78 is 5.07. The summed E-state index contributed by atoms with van der Waals surface area (Å²) >= 11 is 0. The summed E-state index contributed by atoms with van der Waals surface area (Å²) in [5.41, 5.74) is 3.54. The Morgan fingerprint density at radius 1 is 1.20 bits per heavy atom. The maximum atomic E-state index is 13.4. The number of ether oxygens (including phenoxy) is 1. The highest BCUT2D eigenvalue weighted by atomic mass is 16.5. The molecule has 0 aromatic heterocycles. The van der Waals surface area contributed by atoms with Crippen molar-refractivity contribution in [2.24, 2.45) is 0 Å². The maximum absolute atomic E-state index is 13.4. The fourth-order valence-corrected chi connectivity index (χ4v) is 4.07. The number of rotatable bonds is 7. The lowest BCUT2D eigenvalue weighted by Crippen LogP contribution is -2.45. The number of aryl methyl sites for hydroxylation is 1. The van der Waals surface area contributed by atoms with Gasteiger partial charge in [-0.05, 0) is 29.2 Å². The van der Waals surface area contributed by atoms with Gasteiger partial charge in [-0.3, -0.25) is 14.8 Å². The van der Waals surface area contributed by atoms with Crippen LogP contribution in [0.3, 0.4) is 0 Å². The number of nitrogens with one attached hydrogen (secondary N) is 1. The fraction of sp³-hybridized carbons (Fsp3) is 0.391. The average molecular weight is 412 g/mol. The van der Waals surface area contributed by atoms with Gasteiger partial charge in [0, 0.05) is 19.1 Å². The second-order valence-electron chi connectivity index (χ2n) is 7.78. The Balaban J connectivity index is 1.95. The number of carbonyl (C=O) groups is 2. The van der Waals surface area contributed by atoms with Crippen LogP contribution in [0.4, 0.5) is 0 Å². The first-order valence-electron chi connectivity index (χ1n) is 10.1. The van der Waals surface area contributed by atoms with E-state index in [1.54, 1.807) is 17.6 Å². The van der Waals surface area contributed by atoms with E-state index in [-0.39, 0.29) is 25.5 Å². The molecule has 0 spiro atoms. The van der Waals surface area contributed by atoms with Crippen molar-refractivity contribution >= 4 is 11.8 Å². The van der Waals surface area contributed by atoms with Gasteiger partial charge in [0.15, 0.2) is 0 Å². The predicted molar refractivity (Wildman–Crippen MR) is 112 cm³/mol. The topological polar surface area (TPSA) is 99.1 Å². The van der Waals surface area contributed by atoms with Crippen molar-refractivity contribution in [1.82, 2.24) is 10.4 Å². The van der Waals surface area contributed by atoms with E-state index in [4.69, 9.17) is 9.94 Å². The molecule has 2 unspecified atom stereocenters. The van der Waals surface area contributed by atoms with Crippen molar-refractivity contribution in [3.8, 4) is 11.1 Å². The van der Waals surface area contributed by atoms with Crippen LogP contribution in [0.5, 0.6) is 0 Å². The number of hydrogen-bond acceptors (Lipinski definition) is 5. The lowest BCUT2D eigenvalue weighted by molar-refractivity contribution is -0.133. The third-order valence-electron chi connectivity index (χ3n) is 5.46. The fourth-order valence-electron chi connectivity index (χ4n) is 4.07. The van der Waals surface area contributed by atoms with Gasteiger partial charge in [-0.1, -0.05) is 55.8 Å². The van der Waals surface area contributed by atoms with E-state index in [1.165, 1.54) is 17.6 Å². The van der Waals surface area contributed by atoms with Gasteiger partial charge in [0.1, 0.15) is 11.6 Å². The summed E-state index contributed by atoms with van der Waals surface area (Å²) in [5.74, 6) is -1.12. The predicted octanol–water partition coefficient (Wildman–Crippen LogP) is 2.40. The van der Waals surface area contributed by atoms with Crippen LogP contribution in [0, 0.1) is 0 Å². The van der Waals surface area contributed by atoms with Crippen LogP contribution >= 0.6 is 0 Å². The second kappa shape index (κ2) is 9.38. The van der Waals surface area contributed by atoms with E-state index in [0.29, 0.717) is 5.56 Å². The van der Waals surface area contributed by atoms with Crippen LogP contribution < -0.4 is 5.48 Å². The molecule has 160 valence electrons. The van der Waals surface area contributed by atoms with Gasteiger partial charge >= 0.3 is 0 Å². The van der Waals surface area contributed by atoms with Gasteiger partial charge in [0.05, 0.1) is 13.2 Å². The number of amides is 2. The molecule has 3 rings (SSSR count). The molecule has 0 bridgehead atoms. The molecule has 7 nitrogen and oxygen atoms in total. The minimum Gasteiger partial charge on any atom is -0.386 e. The highest BCUT2D eigenvalue weighted by Gasteiger charge is 2.48. The first kappa shape index (κ1) is 22.0. The largest absolute Gasteiger partial charge is 0.386 e. The number of β-amino-alcohol motifs (C(OH)–C–C–N with tert-alkyl or cyclic N) is 1. The molecule has 2 amide bonds. The van der Waals surface area contributed by atoms with E-state index in [9.17, 15) is 14.7 Å². The van der Waals surface area contributed by atoms with Gasteiger partial charge in [0.25, 0.3) is 11.8 Å². The van der Waals surface area contributed by atoms with Crippen LogP contribution in [0.15, 0.2) is 48.5 Å². The molecule has 0 aliphatic carbocycles. The van der Waals surface area contributed by atoms with E-state index in [0.717, 1.165) is 24.0 Å². The van der Waals surface area contributed by atoms with Crippen LogP contribution in [0.25, 0.3) is 11.1 Å². The smallest absolute Gasteiger partial charge is 0.266 e. The van der Waals surface area contributed by atoms with Gasteiger partial charge in [0.2, 0.25) is 0 Å². The minimum atomic E-state index is -1.36. The van der Waals surface area contributed by atoms with Crippen LogP contribution in [0.1, 0.15) is 35.7 Å². The van der Waals surface area contributed by atoms with Gasteiger partial charge in [-0.25, -0.2) is 5.48 Å². The van der Waals surface area contributed by atoms with Gasteiger partial charge in [-0.2, -0.15) is 0 Å². The number of benzene rings is 2. The Bertz CT molecular complexity index is 899. The third kappa shape index (κ3) is 4.53. The van der Waals surface area contributed by atoms with E-state index >= 15 is 0 Å². The molecule has 2 aromatic carbocycles. The van der Waals surface area contributed by atoms with Crippen molar-refractivity contribution < 1.29 is 24.6 Å². The highest BCUT2D eigenvalue weighted by molar-refractivity contribution is 6.03. The molecule has 1 heterocycles. The van der Waals surface area contributed by atoms with Gasteiger partial charge in [-0.15, -0.1) is 0 Å². The number of hydrogen-bond donors (Lipinski definition) is 3. The zero-order valence-electron chi connectivity index (χ0n) is 17.3. The number of likely N-dealkylation sites (tertiary alicyclic amines) is 1. The number of methoxy groups -OCH3 is 1. The van der Waals surface area contributed by atoms with E-state index in [1.807, 2.05) is 24.3 Å². The van der Waals surface area contributed by atoms with Crippen molar-refractivity contribution in [3.63, 3.8) is 0 Å². The lowest BCUT2D eigenvalue weighted by Gasteiger charge is -2.25. The Hall–Kier alpha value is -2.74. The van der Waals surface area contributed by atoms with Crippen molar-refractivity contribution in [1.29, 1.82) is 0 Å². The highest BCUT2D eigenvalue weighted by Crippen LogP contribution is 2.32. The molecule has 30 heavy (non-hydrogen) atoms. The summed E-state index contributed by atoms with van der Waals surface area (Å²) in [4.78, 5) is 26.9. The zero-order chi connectivity index (χ0) is 21.7. The first-order valence-corrected chi connectivity index (χ1v) is 10.1. The SMILES string of the molecule is CCCc1ccc(-c2ccccc2C(=O)N2CC(O)(COC)CC2C(=O)NO)cc1. The lowest BCUT2D eigenvalue weighted by atomic mass is 9.97. The Kier molecular flexibility index (Phi) is 6.87. The summed E-state index contributed by atoms with van der Waals surface area (Å²) in [5, 5.41) is 19.9. The number of nitrogens with zero attached hydrogens (tertiary/aromatic N) is 1. The van der Waals surface area contributed by atoms with Crippen molar-refractivity contribution in [3.05, 3.63) is 59.7 Å². The quantitative estimate of drug-likeness (QED) is 0.479. The Morgan fingerprint density at radius 2 is 1.90 bits per heavy atom. The Labute approximate surface area is 176 Å².